The molecule has 1 aliphatic heterocycles. The van der Waals surface area contributed by atoms with Crippen molar-refractivity contribution in [1.82, 2.24) is 28.7 Å². The topological polar surface area (TPSA) is 110 Å². The molecule has 0 bridgehead atoms. The van der Waals surface area contributed by atoms with E-state index in [0.717, 1.165) is 134 Å². The fraction of sp³-hybridized carbons (Fsp3) is 0.0328. The Hall–Kier alpha value is -9.83. The lowest BCUT2D eigenvalue weighted by atomic mass is 9.66. The highest BCUT2D eigenvalue weighted by Crippen LogP contribution is 2.62. The van der Waals surface area contributed by atoms with Crippen LogP contribution in [0.25, 0.3) is 93.9 Å². The van der Waals surface area contributed by atoms with Gasteiger partial charge in [0, 0.05) is 66.5 Å². The second-order valence-electron chi connectivity index (χ2n) is 18.6. The SMILES string of the molecule is N#Cc1ccc2c(c1)c1ccccc1n2-c1cnc2c(c1)C1(c3ccccc3Oc3ccc(-n4c5ccc(C#N)cc5c5cc6c(cc54)C6)cc31)c1cc(-n3c4ccccc4c4ccncc43)cnc1-2. The summed E-state index contributed by atoms with van der Waals surface area (Å²) in [4.78, 5) is 15.5. The van der Waals surface area contributed by atoms with Crippen LogP contribution in [0.5, 0.6) is 11.5 Å². The largest absolute Gasteiger partial charge is 0.457 e. The monoisotopic (exact) mass is 892 g/mol. The summed E-state index contributed by atoms with van der Waals surface area (Å²) in [5.41, 5.74) is 17.3. The van der Waals surface area contributed by atoms with Gasteiger partial charge in [0.05, 0.1) is 103 Å². The Balaban J connectivity index is 1.03. The van der Waals surface area contributed by atoms with E-state index >= 15 is 0 Å². The lowest BCUT2D eigenvalue weighted by Gasteiger charge is -2.39. The standard InChI is InChI=1S/C61H32N8O/c62-29-34-13-16-53-44(21-34)42-8-2-5-11-52(42)68(53)39-27-49-59(65-31-39)60-50(28-40(32-66-60)69-51-10-4-1-7-41(51)43-19-20-64-33-56(43)69)61(49)47-9-3-6-12-57(47)70-58-18-15-38(26-48(58)61)67-54-17-14-35(30-63)22-45(54)46-24-36-23-37(36)25-55(46)67/h1-22,24-28,31-33H,23H2. The van der Waals surface area contributed by atoms with Gasteiger partial charge >= 0.3 is 0 Å². The number of rotatable bonds is 3. The average Bonchev–Trinajstić information content (AvgIpc) is 3.71. The Bertz CT molecular complexity index is 4600. The molecule has 70 heavy (non-hydrogen) atoms. The molecule has 322 valence electrons. The number of fused-ring (bicyclic) bond motifs is 19. The Morgan fingerprint density at radius 1 is 0.429 bits per heavy atom. The zero-order valence-electron chi connectivity index (χ0n) is 37.0. The third-order valence-corrected chi connectivity index (χ3v) is 15.2. The van der Waals surface area contributed by atoms with E-state index < -0.39 is 5.41 Å². The first-order valence-corrected chi connectivity index (χ1v) is 23.3. The predicted molar refractivity (Wildman–Crippen MR) is 272 cm³/mol. The van der Waals surface area contributed by atoms with Gasteiger partial charge in [-0.15, -0.1) is 0 Å². The fourth-order valence-corrected chi connectivity index (χ4v) is 12.2. The maximum atomic E-state index is 10.0. The van der Waals surface area contributed by atoms with Gasteiger partial charge in [-0.1, -0.05) is 54.6 Å². The smallest absolute Gasteiger partial charge is 0.132 e. The molecule has 1 unspecified atom stereocenters. The summed E-state index contributed by atoms with van der Waals surface area (Å²) in [7, 11) is 0. The molecule has 0 fully saturated rings. The van der Waals surface area contributed by atoms with Gasteiger partial charge in [-0.3, -0.25) is 15.0 Å². The molecule has 16 rings (SSSR count). The second kappa shape index (κ2) is 13.2. The first-order valence-electron chi connectivity index (χ1n) is 23.3. The molecule has 0 N–H and O–H groups in total. The zero-order chi connectivity index (χ0) is 46.0. The van der Waals surface area contributed by atoms with E-state index in [4.69, 9.17) is 14.7 Å². The molecule has 0 saturated carbocycles. The molecule has 6 aromatic heterocycles. The number of hydrogen-bond donors (Lipinski definition) is 0. The predicted octanol–water partition coefficient (Wildman–Crippen LogP) is 13.3. The van der Waals surface area contributed by atoms with E-state index in [1.54, 1.807) is 0 Å². The molecule has 1 atom stereocenters. The van der Waals surface area contributed by atoms with E-state index in [1.165, 1.54) is 11.1 Å². The molecule has 3 aliphatic rings. The summed E-state index contributed by atoms with van der Waals surface area (Å²) < 4.78 is 13.9. The van der Waals surface area contributed by atoms with Crippen molar-refractivity contribution in [3.63, 3.8) is 0 Å². The second-order valence-corrected chi connectivity index (χ2v) is 18.6. The zero-order valence-corrected chi connectivity index (χ0v) is 37.0. The first kappa shape index (κ1) is 37.3. The van der Waals surface area contributed by atoms with Crippen molar-refractivity contribution in [3.8, 4) is 52.1 Å². The Morgan fingerprint density at radius 2 is 0.971 bits per heavy atom. The highest BCUT2D eigenvalue weighted by Gasteiger charge is 2.53. The molecule has 9 nitrogen and oxygen atoms in total. The summed E-state index contributed by atoms with van der Waals surface area (Å²) in [5, 5.41) is 26.5. The summed E-state index contributed by atoms with van der Waals surface area (Å²) in [6, 6.07) is 59.8. The van der Waals surface area contributed by atoms with Crippen LogP contribution >= 0.6 is 0 Å². The summed E-state index contributed by atoms with van der Waals surface area (Å²) >= 11 is 0. The Morgan fingerprint density at radius 3 is 1.69 bits per heavy atom. The van der Waals surface area contributed by atoms with Crippen LogP contribution in [0.2, 0.25) is 0 Å². The number of hydrogen-bond acceptors (Lipinski definition) is 6. The molecule has 7 heterocycles. The highest BCUT2D eigenvalue weighted by atomic mass is 16.5. The number of para-hydroxylation sites is 3. The van der Waals surface area contributed by atoms with Crippen LogP contribution in [0.15, 0.2) is 183 Å². The average molecular weight is 893 g/mol. The van der Waals surface area contributed by atoms with Crippen molar-refractivity contribution in [2.24, 2.45) is 0 Å². The van der Waals surface area contributed by atoms with Crippen molar-refractivity contribution < 1.29 is 4.74 Å². The third kappa shape index (κ3) is 4.70. The lowest BCUT2D eigenvalue weighted by molar-refractivity contribution is 0.436. The van der Waals surface area contributed by atoms with Crippen molar-refractivity contribution in [2.75, 3.05) is 0 Å². The number of benzene rings is 7. The van der Waals surface area contributed by atoms with E-state index in [2.05, 4.69) is 146 Å². The van der Waals surface area contributed by atoms with E-state index in [-0.39, 0.29) is 0 Å². The fourth-order valence-electron chi connectivity index (χ4n) is 12.2. The van der Waals surface area contributed by atoms with E-state index in [9.17, 15) is 10.5 Å². The summed E-state index contributed by atoms with van der Waals surface area (Å²) in [5.74, 6) is 1.49. The van der Waals surface area contributed by atoms with Crippen molar-refractivity contribution in [3.05, 3.63) is 227 Å². The van der Waals surface area contributed by atoms with Gasteiger partial charge in [-0.2, -0.15) is 10.5 Å². The number of nitriles is 2. The molecular weight excluding hydrogens is 861 g/mol. The van der Waals surface area contributed by atoms with Crippen LogP contribution in [0, 0.1) is 22.7 Å². The van der Waals surface area contributed by atoms with E-state index in [0.29, 0.717) is 11.1 Å². The Kier molecular flexibility index (Phi) is 7.03. The lowest BCUT2D eigenvalue weighted by Crippen LogP contribution is -2.32. The molecule has 2 aliphatic carbocycles. The van der Waals surface area contributed by atoms with Crippen molar-refractivity contribution in [1.29, 1.82) is 10.5 Å². The number of aromatic nitrogens is 6. The van der Waals surface area contributed by atoms with Crippen LogP contribution < -0.4 is 4.74 Å². The molecule has 1 spiro atoms. The van der Waals surface area contributed by atoms with Crippen molar-refractivity contribution >= 4 is 65.4 Å². The first-order chi connectivity index (χ1) is 34.6. The van der Waals surface area contributed by atoms with Gasteiger partial charge in [0.2, 0.25) is 0 Å². The number of ether oxygens (including phenoxy) is 1. The normalized spacial score (nSPS) is 14.9. The van der Waals surface area contributed by atoms with Gasteiger partial charge in [-0.25, -0.2) is 0 Å². The molecule has 7 aromatic carbocycles. The quantitative estimate of drug-likeness (QED) is 0.175. The van der Waals surface area contributed by atoms with Crippen LogP contribution in [0.3, 0.4) is 0 Å². The maximum absolute atomic E-state index is 10.0. The molecule has 0 saturated heterocycles. The van der Waals surface area contributed by atoms with Gasteiger partial charge in [0.15, 0.2) is 0 Å². The van der Waals surface area contributed by atoms with Gasteiger partial charge in [-0.05, 0) is 121 Å². The molecule has 13 aromatic rings. The number of nitrogens with zero attached hydrogens (tertiary/aromatic N) is 8. The summed E-state index contributed by atoms with van der Waals surface area (Å²) in [6.07, 6.45) is 8.70. The van der Waals surface area contributed by atoms with E-state index in [1.807, 2.05) is 67.3 Å². The van der Waals surface area contributed by atoms with Crippen molar-refractivity contribution in [2.45, 2.75) is 11.8 Å². The van der Waals surface area contributed by atoms with Gasteiger partial charge in [0.1, 0.15) is 11.5 Å². The molecule has 0 radical (unpaired) electrons. The van der Waals surface area contributed by atoms with Crippen LogP contribution in [0.4, 0.5) is 0 Å². The van der Waals surface area contributed by atoms with Crippen LogP contribution in [-0.4, -0.2) is 28.7 Å². The Labute approximate surface area is 398 Å². The minimum absolute atomic E-state index is 0.607. The van der Waals surface area contributed by atoms with Gasteiger partial charge in [0.25, 0.3) is 0 Å². The van der Waals surface area contributed by atoms with Gasteiger partial charge < -0.3 is 18.4 Å². The summed E-state index contributed by atoms with van der Waals surface area (Å²) in [6.45, 7) is 0. The van der Waals surface area contributed by atoms with Crippen LogP contribution in [-0.2, 0) is 11.8 Å². The molecule has 9 heteroatoms. The minimum atomic E-state index is -0.986. The highest BCUT2D eigenvalue weighted by molar-refractivity contribution is 6.12. The molecule has 0 amide bonds. The minimum Gasteiger partial charge on any atom is -0.457 e. The third-order valence-electron chi connectivity index (χ3n) is 15.2. The molecular formula is C61H32N8O. The number of pyridine rings is 3. The van der Waals surface area contributed by atoms with Crippen LogP contribution in [0.1, 0.15) is 44.5 Å². The maximum Gasteiger partial charge on any atom is 0.132 e.